The first-order valence-electron chi connectivity index (χ1n) is 13.5. The van der Waals surface area contributed by atoms with Crippen molar-refractivity contribution in [2.75, 3.05) is 31.2 Å². The summed E-state index contributed by atoms with van der Waals surface area (Å²) in [7, 11) is 0. The Balaban J connectivity index is 1.69. The van der Waals surface area contributed by atoms with Gasteiger partial charge < -0.3 is 19.6 Å². The molecule has 1 aromatic rings. The van der Waals surface area contributed by atoms with E-state index in [0.717, 1.165) is 19.3 Å². The van der Waals surface area contributed by atoms with Crippen molar-refractivity contribution in [2.45, 2.75) is 59.4 Å². The number of allylic oxidation sites excluding steroid dienone is 1. The number of hydrogen-bond donors (Lipinski definition) is 1. The number of likely N-dealkylation sites (tertiary alicyclic amines) is 1. The van der Waals surface area contributed by atoms with Crippen molar-refractivity contribution in [2.24, 2.45) is 11.8 Å². The van der Waals surface area contributed by atoms with Crippen molar-refractivity contribution in [1.82, 2.24) is 4.90 Å². The molecular formula is C29H36BrClN2O5S. The number of esters is 1. The highest BCUT2D eigenvalue weighted by Crippen LogP contribution is 2.68. The van der Waals surface area contributed by atoms with Gasteiger partial charge in [-0.15, -0.1) is 24.9 Å². The average Bonchev–Trinajstić information content (AvgIpc) is 3.51. The van der Waals surface area contributed by atoms with E-state index < -0.39 is 22.6 Å². The zero-order valence-electron chi connectivity index (χ0n) is 22.0. The Kier molecular flexibility index (Phi) is 10.2. The van der Waals surface area contributed by atoms with E-state index in [1.54, 1.807) is 45.8 Å². The first-order valence-corrected chi connectivity index (χ1v) is 15.7. The third-order valence-corrected chi connectivity index (χ3v) is 11.4. The molecule has 2 bridgehead atoms. The maximum absolute atomic E-state index is 14.5. The van der Waals surface area contributed by atoms with Gasteiger partial charge in [0.2, 0.25) is 5.91 Å². The fourth-order valence-electron chi connectivity index (χ4n) is 6.23. The first-order chi connectivity index (χ1) is 18.8. The molecule has 3 fully saturated rings. The van der Waals surface area contributed by atoms with E-state index in [0.29, 0.717) is 43.1 Å². The summed E-state index contributed by atoms with van der Waals surface area (Å²) >= 11 is 11.9. The lowest BCUT2D eigenvalue weighted by Crippen LogP contribution is -2.55. The number of unbranched alkanes of at least 4 members (excludes halogenated alkanes) is 3. The van der Waals surface area contributed by atoms with Gasteiger partial charge in [0.1, 0.15) is 6.04 Å². The summed E-state index contributed by atoms with van der Waals surface area (Å²) in [5, 5.41) is 9.65. The van der Waals surface area contributed by atoms with Crippen LogP contribution in [-0.2, 0) is 19.1 Å². The van der Waals surface area contributed by atoms with Crippen LogP contribution in [0.4, 0.5) is 5.69 Å². The van der Waals surface area contributed by atoms with Gasteiger partial charge in [0.15, 0.2) is 0 Å². The highest BCUT2D eigenvalue weighted by atomic mass is 79.9. The van der Waals surface area contributed by atoms with Crippen LogP contribution in [-0.4, -0.2) is 75.0 Å². The SMILES string of the molecule is C=CCCCCOC(=O)[C@H]1[C@@H]2SC3(CC2Br)C(C(=O)N(CC=C)c2ccccc2Cl)N(CCCCO)C(=O)[C@H]13. The number of carbonyl (C=O) groups is 3. The fraction of sp³-hybridized carbons (Fsp3) is 0.552. The number of para-hydroxylation sites is 1. The number of amides is 2. The topological polar surface area (TPSA) is 87.2 Å². The van der Waals surface area contributed by atoms with Crippen LogP contribution in [0.3, 0.4) is 0 Å². The van der Waals surface area contributed by atoms with E-state index >= 15 is 0 Å². The van der Waals surface area contributed by atoms with Gasteiger partial charge in [-0.25, -0.2) is 0 Å². The number of halogens is 2. The van der Waals surface area contributed by atoms with Gasteiger partial charge in [0.25, 0.3) is 5.91 Å². The predicted molar refractivity (Wildman–Crippen MR) is 159 cm³/mol. The minimum atomic E-state index is -0.787. The second-order valence-corrected chi connectivity index (χ2v) is 13.4. The molecule has 6 atom stereocenters. The number of rotatable bonds is 14. The Morgan fingerprint density at radius 1 is 1.23 bits per heavy atom. The standard InChI is InChI=1S/C29H36BrClN2O5S/c1-3-5-6-11-17-38-28(37)22-23-26(35)33(15-9-10-16-34)25(29(23)18-19(30)24(22)39-29)27(36)32(14-4-2)21-13-8-7-12-20(21)31/h3-4,7-8,12-13,19,22-25,34H,1-2,5-6,9-11,14-18H2/t19?,22-,23+,24-,25?,29?/m1/s1. The Hall–Kier alpha value is -1.81. The number of aliphatic hydroxyl groups is 1. The van der Waals surface area contributed by atoms with E-state index in [9.17, 15) is 19.5 Å². The second kappa shape index (κ2) is 13.2. The van der Waals surface area contributed by atoms with Crippen molar-refractivity contribution >= 4 is 62.8 Å². The number of alkyl halides is 1. The molecule has 7 nitrogen and oxygen atoms in total. The van der Waals surface area contributed by atoms with Crippen molar-refractivity contribution in [3.05, 3.63) is 54.6 Å². The minimum absolute atomic E-state index is 0.00146. The molecule has 39 heavy (non-hydrogen) atoms. The Morgan fingerprint density at radius 2 is 2.00 bits per heavy atom. The van der Waals surface area contributed by atoms with E-state index in [1.165, 1.54) is 0 Å². The second-order valence-electron chi connectivity index (χ2n) is 10.3. The van der Waals surface area contributed by atoms with Gasteiger partial charge in [-0.05, 0) is 50.7 Å². The summed E-state index contributed by atoms with van der Waals surface area (Å²) in [6, 6.07) is 6.34. The lowest BCUT2D eigenvalue weighted by molar-refractivity contribution is -0.154. The zero-order chi connectivity index (χ0) is 28.2. The van der Waals surface area contributed by atoms with Crippen LogP contribution in [0.15, 0.2) is 49.6 Å². The molecule has 4 rings (SSSR count). The molecule has 3 aliphatic heterocycles. The van der Waals surface area contributed by atoms with Gasteiger partial charge in [0, 0.05) is 29.8 Å². The number of fused-ring (bicyclic) bond motifs is 1. The predicted octanol–water partition coefficient (Wildman–Crippen LogP) is 5.00. The summed E-state index contributed by atoms with van der Waals surface area (Å²) in [6.07, 6.45) is 7.58. The number of hydrogen-bond acceptors (Lipinski definition) is 6. The summed E-state index contributed by atoms with van der Waals surface area (Å²) in [5.74, 6) is -2.08. The van der Waals surface area contributed by atoms with Gasteiger partial charge in [-0.1, -0.05) is 51.8 Å². The molecule has 1 aromatic carbocycles. The molecule has 0 aromatic heterocycles. The molecule has 3 heterocycles. The molecule has 3 saturated heterocycles. The Bertz CT molecular complexity index is 1110. The molecule has 3 unspecified atom stereocenters. The van der Waals surface area contributed by atoms with Crippen LogP contribution in [0, 0.1) is 11.8 Å². The summed E-state index contributed by atoms with van der Waals surface area (Å²) in [6.45, 7) is 8.40. The first kappa shape index (κ1) is 30.2. The van der Waals surface area contributed by atoms with Crippen LogP contribution in [0.5, 0.6) is 0 Å². The van der Waals surface area contributed by atoms with Crippen molar-refractivity contribution in [3.63, 3.8) is 0 Å². The molecule has 2 amide bonds. The molecule has 10 heteroatoms. The molecule has 0 aliphatic carbocycles. The van der Waals surface area contributed by atoms with Crippen LogP contribution in [0.1, 0.15) is 38.5 Å². The number of carbonyl (C=O) groups excluding carboxylic acids is 3. The van der Waals surface area contributed by atoms with Crippen molar-refractivity contribution < 1.29 is 24.2 Å². The number of benzene rings is 1. The minimum Gasteiger partial charge on any atom is -0.465 e. The summed E-state index contributed by atoms with van der Waals surface area (Å²) in [5.41, 5.74) is 0.551. The fourth-order valence-corrected chi connectivity index (χ4v) is 10.1. The monoisotopic (exact) mass is 638 g/mol. The maximum atomic E-state index is 14.5. The molecule has 1 N–H and O–H groups in total. The zero-order valence-corrected chi connectivity index (χ0v) is 25.1. The van der Waals surface area contributed by atoms with Crippen LogP contribution >= 0.6 is 39.3 Å². The van der Waals surface area contributed by atoms with E-state index in [2.05, 4.69) is 29.1 Å². The third-order valence-electron chi connectivity index (χ3n) is 7.87. The normalized spacial score (nSPS) is 28.8. The number of nitrogens with zero attached hydrogens (tertiary/aromatic N) is 2. The van der Waals surface area contributed by atoms with Gasteiger partial charge in [-0.2, -0.15) is 0 Å². The molecular weight excluding hydrogens is 604 g/mol. The quantitative estimate of drug-likeness (QED) is 0.134. The number of thioether (sulfide) groups is 1. The number of ether oxygens (including phenoxy) is 1. The largest absolute Gasteiger partial charge is 0.465 e. The van der Waals surface area contributed by atoms with Crippen molar-refractivity contribution in [1.29, 1.82) is 0 Å². The Morgan fingerprint density at radius 3 is 2.69 bits per heavy atom. The molecule has 212 valence electrons. The van der Waals surface area contributed by atoms with Crippen LogP contribution in [0.2, 0.25) is 5.02 Å². The molecule has 0 radical (unpaired) electrons. The van der Waals surface area contributed by atoms with Crippen LogP contribution in [0.25, 0.3) is 0 Å². The molecule has 0 saturated carbocycles. The number of anilines is 1. The van der Waals surface area contributed by atoms with Gasteiger partial charge >= 0.3 is 5.97 Å². The van der Waals surface area contributed by atoms with E-state index in [1.807, 2.05) is 12.1 Å². The van der Waals surface area contributed by atoms with E-state index in [4.69, 9.17) is 16.3 Å². The lowest BCUT2D eigenvalue weighted by atomic mass is 9.71. The maximum Gasteiger partial charge on any atom is 0.310 e. The summed E-state index contributed by atoms with van der Waals surface area (Å²) < 4.78 is 4.91. The molecule has 3 aliphatic rings. The van der Waals surface area contributed by atoms with Gasteiger partial charge in [0.05, 0.1) is 33.9 Å². The van der Waals surface area contributed by atoms with Gasteiger partial charge in [-0.3, -0.25) is 14.4 Å². The average molecular weight is 640 g/mol. The molecule has 1 spiro atoms. The van der Waals surface area contributed by atoms with E-state index in [-0.39, 0.29) is 41.0 Å². The summed E-state index contributed by atoms with van der Waals surface area (Å²) in [4.78, 5) is 45.2. The highest BCUT2D eigenvalue weighted by molar-refractivity contribution is 9.09. The highest BCUT2D eigenvalue weighted by Gasteiger charge is 2.76. The lowest BCUT2D eigenvalue weighted by Gasteiger charge is -2.38. The third kappa shape index (κ3) is 5.69. The Labute approximate surface area is 248 Å². The van der Waals surface area contributed by atoms with Crippen LogP contribution < -0.4 is 4.90 Å². The van der Waals surface area contributed by atoms with Crippen molar-refractivity contribution in [3.8, 4) is 0 Å². The smallest absolute Gasteiger partial charge is 0.310 e. The number of aliphatic hydroxyl groups excluding tert-OH is 1.